The molecule has 28 heavy (non-hydrogen) atoms. The summed E-state index contributed by atoms with van der Waals surface area (Å²) in [6.45, 7) is 2.32. The zero-order valence-corrected chi connectivity index (χ0v) is 16.9. The van der Waals surface area contributed by atoms with E-state index in [-0.39, 0.29) is 17.1 Å². The van der Waals surface area contributed by atoms with Crippen molar-refractivity contribution in [1.82, 2.24) is 9.55 Å². The van der Waals surface area contributed by atoms with Gasteiger partial charge in [-0.15, -0.1) is 0 Å². The van der Waals surface area contributed by atoms with Crippen LogP contribution in [0.4, 0.5) is 0 Å². The summed E-state index contributed by atoms with van der Waals surface area (Å²) in [6.07, 6.45) is -0.966. The minimum atomic E-state index is -3.28. The van der Waals surface area contributed by atoms with E-state index in [1.54, 1.807) is 22.8 Å². The number of sulfone groups is 1. The molecule has 1 aromatic heterocycles. The van der Waals surface area contributed by atoms with Gasteiger partial charge >= 0.3 is 0 Å². The number of nitrogens with zero attached hydrogens (tertiary/aromatic N) is 2. The van der Waals surface area contributed by atoms with Crippen LogP contribution in [0, 0.1) is 6.92 Å². The first-order valence-electron chi connectivity index (χ1n) is 8.93. The number of aliphatic hydroxyl groups is 1. The van der Waals surface area contributed by atoms with E-state index in [0.29, 0.717) is 22.6 Å². The van der Waals surface area contributed by atoms with Gasteiger partial charge in [-0.1, -0.05) is 53.7 Å². The third-order valence-electron chi connectivity index (χ3n) is 4.82. The lowest BCUT2D eigenvalue weighted by Crippen LogP contribution is -2.27. The maximum Gasteiger partial charge on any atom is 0.262 e. The Morgan fingerprint density at radius 1 is 1.14 bits per heavy atom. The van der Waals surface area contributed by atoms with Crippen molar-refractivity contribution in [3.8, 4) is 0 Å². The fraction of sp³-hybridized carbons (Fsp3) is 0.300. The standard InChI is InChI=1S/C20H20N2O4S2/c1-13-6-8-14(9-7-13)10-22-19(24)15-4-2-3-5-16(15)21-20(22)27-18-12-28(25,26)11-17(18)23/h2-9,17-18,23H,10-12H2,1H3/t17-,18+/m0/s1. The normalized spacial score (nSPS) is 21.2. The summed E-state index contributed by atoms with van der Waals surface area (Å²) in [5.41, 5.74) is 2.46. The number of aliphatic hydroxyl groups excluding tert-OH is 1. The smallest absolute Gasteiger partial charge is 0.262 e. The zero-order chi connectivity index (χ0) is 19.9. The molecule has 1 aliphatic rings. The molecule has 0 saturated carbocycles. The number of benzene rings is 2. The summed E-state index contributed by atoms with van der Waals surface area (Å²) in [5.74, 6) is -0.369. The van der Waals surface area contributed by atoms with Gasteiger partial charge in [-0.2, -0.15) is 0 Å². The van der Waals surface area contributed by atoms with Crippen molar-refractivity contribution in [2.24, 2.45) is 0 Å². The lowest BCUT2D eigenvalue weighted by Gasteiger charge is -2.17. The Morgan fingerprint density at radius 2 is 1.86 bits per heavy atom. The zero-order valence-electron chi connectivity index (χ0n) is 15.3. The summed E-state index contributed by atoms with van der Waals surface area (Å²) in [5, 5.41) is 10.6. The monoisotopic (exact) mass is 416 g/mol. The van der Waals surface area contributed by atoms with E-state index in [9.17, 15) is 18.3 Å². The first kappa shape index (κ1) is 19.2. The summed E-state index contributed by atoms with van der Waals surface area (Å²) in [6, 6.07) is 15.0. The van der Waals surface area contributed by atoms with Gasteiger partial charge in [-0.25, -0.2) is 13.4 Å². The molecule has 0 amide bonds. The maximum atomic E-state index is 13.1. The molecule has 1 saturated heterocycles. The van der Waals surface area contributed by atoms with Crippen LogP contribution in [0.15, 0.2) is 58.5 Å². The van der Waals surface area contributed by atoms with E-state index in [2.05, 4.69) is 4.98 Å². The molecule has 0 aliphatic carbocycles. The van der Waals surface area contributed by atoms with Gasteiger partial charge < -0.3 is 5.11 Å². The Morgan fingerprint density at radius 3 is 2.54 bits per heavy atom. The molecule has 8 heteroatoms. The molecule has 0 radical (unpaired) electrons. The van der Waals surface area contributed by atoms with Crippen LogP contribution in [0.3, 0.4) is 0 Å². The highest BCUT2D eigenvalue weighted by Crippen LogP contribution is 2.30. The van der Waals surface area contributed by atoms with Gasteiger partial charge in [0.25, 0.3) is 5.56 Å². The van der Waals surface area contributed by atoms with Crippen molar-refractivity contribution in [1.29, 1.82) is 0 Å². The minimum Gasteiger partial charge on any atom is -0.391 e. The average Bonchev–Trinajstić information content (AvgIpc) is 2.91. The molecule has 1 aliphatic heterocycles. The summed E-state index contributed by atoms with van der Waals surface area (Å²) in [7, 11) is -3.28. The lowest BCUT2D eigenvalue weighted by molar-refractivity contribution is 0.207. The Labute approximate surface area is 167 Å². The Kier molecular flexibility index (Phi) is 5.03. The van der Waals surface area contributed by atoms with E-state index < -0.39 is 21.2 Å². The molecule has 0 bridgehead atoms. The molecule has 4 rings (SSSR count). The number of thioether (sulfide) groups is 1. The predicted octanol–water partition coefficient (Wildman–Crippen LogP) is 2.00. The van der Waals surface area contributed by atoms with Crippen molar-refractivity contribution < 1.29 is 13.5 Å². The van der Waals surface area contributed by atoms with Crippen molar-refractivity contribution in [2.45, 2.75) is 30.0 Å². The van der Waals surface area contributed by atoms with Gasteiger partial charge in [-0.05, 0) is 24.6 Å². The van der Waals surface area contributed by atoms with Gasteiger partial charge in [-0.3, -0.25) is 9.36 Å². The molecule has 6 nitrogen and oxygen atoms in total. The summed E-state index contributed by atoms with van der Waals surface area (Å²) < 4.78 is 25.3. The minimum absolute atomic E-state index is 0.119. The number of fused-ring (bicyclic) bond motifs is 1. The van der Waals surface area contributed by atoms with E-state index in [0.717, 1.165) is 22.9 Å². The number of aromatic nitrogens is 2. The molecule has 3 aromatic rings. The van der Waals surface area contributed by atoms with Crippen LogP contribution >= 0.6 is 11.8 Å². The quantitative estimate of drug-likeness (QED) is 0.655. The van der Waals surface area contributed by atoms with Crippen LogP contribution in [-0.4, -0.2) is 45.9 Å². The van der Waals surface area contributed by atoms with E-state index >= 15 is 0 Å². The fourth-order valence-electron chi connectivity index (χ4n) is 3.30. The van der Waals surface area contributed by atoms with E-state index in [1.807, 2.05) is 37.3 Å². The van der Waals surface area contributed by atoms with Crippen LogP contribution in [0.25, 0.3) is 10.9 Å². The van der Waals surface area contributed by atoms with E-state index in [1.165, 1.54) is 0 Å². The Balaban J connectivity index is 1.79. The van der Waals surface area contributed by atoms with Gasteiger partial charge in [0.2, 0.25) is 0 Å². The molecule has 2 aromatic carbocycles. The van der Waals surface area contributed by atoms with Crippen LogP contribution in [-0.2, 0) is 16.4 Å². The highest BCUT2D eigenvalue weighted by atomic mass is 32.2. The molecule has 2 atom stereocenters. The Bertz CT molecular complexity index is 1190. The van der Waals surface area contributed by atoms with Gasteiger partial charge in [0.1, 0.15) is 0 Å². The van der Waals surface area contributed by atoms with Crippen molar-refractivity contribution >= 4 is 32.5 Å². The van der Waals surface area contributed by atoms with Crippen molar-refractivity contribution in [2.75, 3.05) is 11.5 Å². The Hall–Kier alpha value is -2.16. The average molecular weight is 417 g/mol. The first-order valence-corrected chi connectivity index (χ1v) is 11.6. The molecule has 2 heterocycles. The highest BCUT2D eigenvalue weighted by molar-refractivity contribution is 8.01. The SMILES string of the molecule is Cc1ccc(Cn2c(S[C@@H]3CS(=O)(=O)C[C@@H]3O)nc3ccccc3c2=O)cc1. The largest absolute Gasteiger partial charge is 0.391 e. The number of rotatable bonds is 4. The van der Waals surface area contributed by atoms with Crippen molar-refractivity contribution in [3.63, 3.8) is 0 Å². The van der Waals surface area contributed by atoms with Gasteiger partial charge in [0.05, 0.1) is 40.3 Å². The predicted molar refractivity (Wildman–Crippen MR) is 111 cm³/mol. The van der Waals surface area contributed by atoms with Gasteiger partial charge in [0.15, 0.2) is 15.0 Å². The molecule has 0 unspecified atom stereocenters. The van der Waals surface area contributed by atoms with Crippen LogP contribution < -0.4 is 5.56 Å². The van der Waals surface area contributed by atoms with E-state index in [4.69, 9.17) is 0 Å². The molecule has 0 spiro atoms. The van der Waals surface area contributed by atoms with Crippen LogP contribution in [0.5, 0.6) is 0 Å². The van der Waals surface area contributed by atoms with Crippen LogP contribution in [0.1, 0.15) is 11.1 Å². The molecular formula is C20H20N2O4S2. The highest BCUT2D eigenvalue weighted by Gasteiger charge is 2.38. The second-order valence-corrected chi connectivity index (χ2v) is 10.4. The lowest BCUT2D eigenvalue weighted by atomic mass is 10.1. The summed E-state index contributed by atoms with van der Waals surface area (Å²) >= 11 is 1.16. The van der Waals surface area contributed by atoms with Gasteiger partial charge in [0, 0.05) is 0 Å². The first-order chi connectivity index (χ1) is 13.3. The van der Waals surface area contributed by atoms with Crippen molar-refractivity contribution in [3.05, 3.63) is 70.0 Å². The number of para-hydroxylation sites is 1. The second kappa shape index (κ2) is 7.35. The number of aryl methyl sites for hydroxylation is 1. The maximum absolute atomic E-state index is 13.1. The molecule has 1 fully saturated rings. The topological polar surface area (TPSA) is 89.3 Å². The third kappa shape index (κ3) is 3.85. The molecule has 146 valence electrons. The second-order valence-electron chi connectivity index (χ2n) is 7.09. The molecular weight excluding hydrogens is 396 g/mol. The molecule has 1 N–H and O–H groups in total. The third-order valence-corrected chi connectivity index (χ3v) is 8.05. The number of hydrogen-bond acceptors (Lipinski definition) is 6. The number of hydrogen-bond donors (Lipinski definition) is 1. The summed E-state index contributed by atoms with van der Waals surface area (Å²) in [4.78, 5) is 17.7. The fourth-order valence-corrected chi connectivity index (χ4v) is 6.88. The van der Waals surface area contributed by atoms with Crippen LogP contribution in [0.2, 0.25) is 0 Å².